The van der Waals surface area contributed by atoms with Gasteiger partial charge >= 0.3 is 5.97 Å². The van der Waals surface area contributed by atoms with Crippen molar-refractivity contribution in [1.29, 1.82) is 15.8 Å². The highest BCUT2D eigenvalue weighted by molar-refractivity contribution is 6.07. The molecular formula is C17H10N4O2. The van der Waals surface area contributed by atoms with Crippen LogP contribution in [0, 0.1) is 34.0 Å². The number of nitrogens with one attached hydrogen (secondary N) is 1. The van der Waals surface area contributed by atoms with Gasteiger partial charge in [-0.15, -0.1) is 0 Å². The number of nitriles is 3. The molecule has 6 heteroatoms. The first kappa shape index (κ1) is 15.6. The van der Waals surface area contributed by atoms with Gasteiger partial charge in [0.2, 0.25) is 0 Å². The highest BCUT2D eigenvalue weighted by atomic mass is 16.5. The molecule has 0 atom stereocenters. The zero-order valence-corrected chi connectivity index (χ0v) is 12.1. The highest BCUT2D eigenvalue weighted by Gasteiger charge is 2.17. The van der Waals surface area contributed by atoms with Crippen molar-refractivity contribution in [2.45, 2.75) is 0 Å². The van der Waals surface area contributed by atoms with E-state index >= 15 is 0 Å². The Morgan fingerprint density at radius 2 is 1.74 bits per heavy atom. The van der Waals surface area contributed by atoms with Crippen LogP contribution in [0.1, 0.15) is 10.4 Å². The standard InChI is InChI=1S/C17H10N4O2/c1-23-17(22)14-7-6-11-4-2-3-5-13(11)16(14)21-15(10-20)12(8-18)9-19/h2-7,21H,1H3. The van der Waals surface area contributed by atoms with Crippen molar-refractivity contribution in [3.05, 3.63) is 53.2 Å². The fraction of sp³-hybridized carbons (Fsp3) is 0.0588. The monoisotopic (exact) mass is 302 g/mol. The Kier molecular flexibility index (Phi) is 4.57. The average molecular weight is 302 g/mol. The summed E-state index contributed by atoms with van der Waals surface area (Å²) in [4.78, 5) is 12.0. The molecular weight excluding hydrogens is 292 g/mol. The minimum atomic E-state index is -0.592. The van der Waals surface area contributed by atoms with Crippen molar-refractivity contribution in [1.82, 2.24) is 0 Å². The molecule has 1 N–H and O–H groups in total. The third-order valence-electron chi connectivity index (χ3n) is 3.17. The normalized spacial score (nSPS) is 9.13. The van der Waals surface area contributed by atoms with Crippen LogP contribution in [0.5, 0.6) is 0 Å². The summed E-state index contributed by atoms with van der Waals surface area (Å²) in [6.45, 7) is 0. The molecule has 0 unspecified atom stereocenters. The van der Waals surface area contributed by atoms with Crippen LogP contribution in [0.2, 0.25) is 0 Å². The lowest BCUT2D eigenvalue weighted by molar-refractivity contribution is 0.0602. The molecule has 0 aliphatic rings. The van der Waals surface area contributed by atoms with E-state index in [-0.39, 0.29) is 16.8 Å². The number of nitrogens with zero attached hydrogens (tertiary/aromatic N) is 3. The van der Waals surface area contributed by atoms with Crippen LogP contribution in [0.4, 0.5) is 5.69 Å². The molecule has 0 heterocycles. The van der Waals surface area contributed by atoms with E-state index in [0.29, 0.717) is 11.1 Å². The van der Waals surface area contributed by atoms with Crippen LogP contribution in [-0.2, 0) is 4.74 Å². The van der Waals surface area contributed by atoms with Gasteiger partial charge in [-0.25, -0.2) is 4.79 Å². The number of hydrogen-bond acceptors (Lipinski definition) is 6. The molecule has 0 bridgehead atoms. The van der Waals surface area contributed by atoms with E-state index in [1.165, 1.54) is 7.11 Å². The summed E-state index contributed by atoms with van der Waals surface area (Å²) in [5.41, 5.74) is -0.0727. The van der Waals surface area contributed by atoms with Crippen molar-refractivity contribution >= 4 is 22.4 Å². The lowest BCUT2D eigenvalue weighted by atomic mass is 10.0. The Morgan fingerprint density at radius 1 is 1.04 bits per heavy atom. The maximum Gasteiger partial charge on any atom is 0.339 e. The highest BCUT2D eigenvalue weighted by Crippen LogP contribution is 2.29. The third-order valence-corrected chi connectivity index (χ3v) is 3.17. The largest absolute Gasteiger partial charge is 0.465 e. The first-order valence-corrected chi connectivity index (χ1v) is 6.48. The smallest absolute Gasteiger partial charge is 0.339 e. The number of rotatable bonds is 3. The zero-order valence-electron chi connectivity index (χ0n) is 12.1. The number of carbonyl (C=O) groups is 1. The van der Waals surface area contributed by atoms with Gasteiger partial charge in [-0.05, 0) is 11.5 Å². The molecule has 2 rings (SSSR count). The first-order chi connectivity index (χ1) is 11.2. The summed E-state index contributed by atoms with van der Waals surface area (Å²) >= 11 is 0. The molecule has 0 aliphatic carbocycles. The third kappa shape index (κ3) is 2.95. The Balaban J connectivity index is 2.74. The Labute approximate surface area is 132 Å². The fourth-order valence-corrected chi connectivity index (χ4v) is 2.09. The van der Waals surface area contributed by atoms with Crippen molar-refractivity contribution < 1.29 is 9.53 Å². The molecule has 110 valence electrons. The maximum absolute atomic E-state index is 12.0. The van der Waals surface area contributed by atoms with Crippen LogP contribution in [0.25, 0.3) is 10.8 Å². The Bertz CT molecular complexity index is 924. The predicted molar refractivity (Wildman–Crippen MR) is 82.8 cm³/mol. The van der Waals surface area contributed by atoms with E-state index in [9.17, 15) is 10.1 Å². The predicted octanol–water partition coefficient (Wildman–Crippen LogP) is 2.86. The van der Waals surface area contributed by atoms with Gasteiger partial charge in [-0.1, -0.05) is 30.3 Å². The van der Waals surface area contributed by atoms with E-state index in [4.69, 9.17) is 15.3 Å². The quantitative estimate of drug-likeness (QED) is 0.689. The topological polar surface area (TPSA) is 110 Å². The zero-order chi connectivity index (χ0) is 16.8. The van der Waals surface area contributed by atoms with Crippen LogP contribution in [-0.4, -0.2) is 13.1 Å². The Morgan fingerprint density at radius 3 is 2.35 bits per heavy atom. The summed E-state index contributed by atoms with van der Waals surface area (Å²) in [6, 6.07) is 15.6. The van der Waals surface area contributed by atoms with Crippen molar-refractivity contribution in [2.24, 2.45) is 0 Å². The summed E-state index contributed by atoms with van der Waals surface area (Å²) in [7, 11) is 1.25. The number of allylic oxidation sites excluding steroid dienone is 2. The number of anilines is 1. The number of ether oxygens (including phenoxy) is 1. The number of fused-ring (bicyclic) bond motifs is 1. The lowest BCUT2D eigenvalue weighted by Crippen LogP contribution is -2.09. The van der Waals surface area contributed by atoms with Crippen molar-refractivity contribution in [3.8, 4) is 18.2 Å². The van der Waals surface area contributed by atoms with Crippen LogP contribution in [0.15, 0.2) is 47.7 Å². The van der Waals surface area contributed by atoms with Gasteiger partial charge in [0.25, 0.3) is 0 Å². The average Bonchev–Trinajstić information content (AvgIpc) is 2.61. The van der Waals surface area contributed by atoms with E-state index in [2.05, 4.69) is 5.32 Å². The molecule has 0 aromatic heterocycles. The lowest BCUT2D eigenvalue weighted by Gasteiger charge is -2.13. The molecule has 0 saturated carbocycles. The number of methoxy groups -OCH3 is 1. The minimum absolute atomic E-state index is 0.203. The molecule has 0 aliphatic heterocycles. The van der Waals surface area contributed by atoms with E-state index in [0.717, 1.165) is 5.39 Å². The maximum atomic E-state index is 12.0. The molecule has 2 aromatic rings. The molecule has 2 aromatic carbocycles. The van der Waals surface area contributed by atoms with Gasteiger partial charge in [0.1, 0.15) is 23.9 Å². The Hall–Kier alpha value is -3.82. The number of carbonyl (C=O) groups excluding carboxylic acids is 1. The summed E-state index contributed by atoms with van der Waals surface area (Å²) < 4.78 is 4.75. The summed E-state index contributed by atoms with van der Waals surface area (Å²) in [5.74, 6) is -0.592. The SMILES string of the molecule is COC(=O)c1ccc2ccccc2c1NC(C#N)=C(C#N)C#N. The second-order valence-corrected chi connectivity index (χ2v) is 4.41. The molecule has 0 radical (unpaired) electrons. The second kappa shape index (κ2) is 6.76. The van der Waals surface area contributed by atoms with Gasteiger partial charge in [-0.3, -0.25) is 0 Å². The van der Waals surface area contributed by atoms with Gasteiger partial charge in [0, 0.05) is 5.39 Å². The van der Waals surface area contributed by atoms with Gasteiger partial charge < -0.3 is 10.1 Å². The molecule has 0 saturated heterocycles. The van der Waals surface area contributed by atoms with Crippen molar-refractivity contribution in [3.63, 3.8) is 0 Å². The summed E-state index contributed by atoms with van der Waals surface area (Å²) in [5, 5.41) is 31.3. The summed E-state index contributed by atoms with van der Waals surface area (Å²) in [6.07, 6.45) is 0. The van der Waals surface area contributed by atoms with Gasteiger partial charge in [0.05, 0.1) is 18.4 Å². The molecule has 6 nitrogen and oxygen atoms in total. The van der Waals surface area contributed by atoms with Crippen LogP contribution >= 0.6 is 0 Å². The van der Waals surface area contributed by atoms with E-state index in [1.54, 1.807) is 42.5 Å². The molecule has 0 amide bonds. The second-order valence-electron chi connectivity index (χ2n) is 4.41. The van der Waals surface area contributed by atoms with Gasteiger partial charge in [-0.2, -0.15) is 15.8 Å². The van der Waals surface area contributed by atoms with E-state index < -0.39 is 5.97 Å². The minimum Gasteiger partial charge on any atom is -0.465 e. The number of hydrogen-bond donors (Lipinski definition) is 1. The van der Waals surface area contributed by atoms with Crippen LogP contribution in [0.3, 0.4) is 0 Å². The molecule has 0 fully saturated rings. The van der Waals surface area contributed by atoms with E-state index in [1.807, 2.05) is 12.1 Å². The first-order valence-electron chi connectivity index (χ1n) is 6.48. The molecule has 23 heavy (non-hydrogen) atoms. The van der Waals surface area contributed by atoms with Gasteiger partial charge in [0.15, 0.2) is 5.57 Å². The molecule has 0 spiro atoms. The van der Waals surface area contributed by atoms with Crippen molar-refractivity contribution in [2.75, 3.05) is 12.4 Å². The number of benzene rings is 2. The van der Waals surface area contributed by atoms with Crippen LogP contribution < -0.4 is 5.32 Å². The fourth-order valence-electron chi connectivity index (χ4n) is 2.09. The number of esters is 1.